The molecule has 0 aliphatic rings. The van der Waals surface area contributed by atoms with Gasteiger partial charge in [-0.05, 0) is 53.6 Å². The van der Waals surface area contributed by atoms with Crippen molar-refractivity contribution in [3.8, 4) is 45.2 Å². The van der Waals surface area contributed by atoms with Gasteiger partial charge < -0.3 is 0 Å². The molecule has 0 bridgehead atoms. The quantitative estimate of drug-likeness (QED) is 0.210. The maximum absolute atomic E-state index is 5.11. The maximum atomic E-state index is 5.11. The molecule has 4 aromatic carbocycles. The number of aromatic nitrogens is 5. The fourth-order valence-corrected chi connectivity index (χ4v) is 5.43. The normalized spacial score (nSPS) is 11.3. The van der Waals surface area contributed by atoms with Crippen LogP contribution < -0.4 is 0 Å². The summed E-state index contributed by atoms with van der Waals surface area (Å²) < 4.78 is 0. The number of nitrogens with zero attached hydrogens (tertiary/aromatic N) is 5. The summed E-state index contributed by atoms with van der Waals surface area (Å²) in [7, 11) is 0. The van der Waals surface area contributed by atoms with Gasteiger partial charge in [-0.2, -0.15) is 0 Å². The first-order valence-corrected chi connectivity index (χ1v) is 13.9. The highest BCUT2D eigenvalue weighted by Crippen LogP contribution is 2.34. The summed E-state index contributed by atoms with van der Waals surface area (Å²) in [6.07, 6.45) is 1.81. The molecular formula is C37H23N5. The molecular weight excluding hydrogens is 514 g/mol. The fourth-order valence-electron chi connectivity index (χ4n) is 5.43. The number of rotatable bonds is 4. The first kappa shape index (κ1) is 24.0. The number of fused-ring (bicyclic) bond motifs is 4. The molecule has 42 heavy (non-hydrogen) atoms. The van der Waals surface area contributed by atoms with Crippen LogP contribution in [-0.4, -0.2) is 24.9 Å². The van der Waals surface area contributed by atoms with Gasteiger partial charge in [0, 0.05) is 22.5 Å². The van der Waals surface area contributed by atoms with Gasteiger partial charge in [-0.1, -0.05) is 91.0 Å². The van der Waals surface area contributed by atoms with E-state index >= 15 is 0 Å². The van der Waals surface area contributed by atoms with Crippen molar-refractivity contribution in [2.75, 3.05) is 0 Å². The van der Waals surface area contributed by atoms with Crippen LogP contribution in [0.15, 0.2) is 140 Å². The average molecular weight is 538 g/mol. The first-order valence-electron chi connectivity index (χ1n) is 13.9. The predicted molar refractivity (Wildman–Crippen MR) is 170 cm³/mol. The van der Waals surface area contributed by atoms with Crippen molar-refractivity contribution in [2.24, 2.45) is 0 Å². The molecule has 5 nitrogen and oxygen atoms in total. The van der Waals surface area contributed by atoms with Gasteiger partial charge in [0.25, 0.3) is 0 Å². The Morgan fingerprint density at radius 2 is 1.00 bits per heavy atom. The second-order valence-corrected chi connectivity index (χ2v) is 10.2. The van der Waals surface area contributed by atoms with Gasteiger partial charge in [-0.15, -0.1) is 0 Å². The predicted octanol–water partition coefficient (Wildman–Crippen LogP) is 8.79. The zero-order valence-corrected chi connectivity index (χ0v) is 22.5. The van der Waals surface area contributed by atoms with Crippen LogP contribution in [-0.2, 0) is 0 Å². The van der Waals surface area contributed by atoms with E-state index in [0.717, 1.165) is 78.0 Å². The van der Waals surface area contributed by atoms with Crippen LogP contribution in [0.3, 0.4) is 0 Å². The number of hydrogen-bond donors (Lipinski definition) is 0. The molecule has 196 valence electrons. The molecule has 0 saturated carbocycles. The van der Waals surface area contributed by atoms with Gasteiger partial charge in [-0.25, -0.2) is 19.9 Å². The molecule has 0 atom stereocenters. The Morgan fingerprint density at radius 3 is 1.86 bits per heavy atom. The maximum Gasteiger partial charge on any atom is 0.116 e. The summed E-state index contributed by atoms with van der Waals surface area (Å²) in [6, 6.07) is 45.0. The Morgan fingerprint density at radius 1 is 0.357 bits per heavy atom. The summed E-state index contributed by atoms with van der Waals surface area (Å²) in [5.74, 6) is 0. The lowest BCUT2D eigenvalue weighted by Crippen LogP contribution is -1.98. The number of pyridine rings is 3. The standard InChI is InChI=1S/C37H23N5/c1-2-9-24(10-3-1)27-11-6-12-28(23-27)36-37(42-31-15-5-4-14-30(31)40-36)33-17-7-16-29(39-33)32-21-20-26-19-18-25-13-8-22-38-34(25)35(26)41-32/h1-23H. The van der Waals surface area contributed by atoms with E-state index in [9.17, 15) is 0 Å². The molecule has 0 fully saturated rings. The minimum absolute atomic E-state index is 0.730. The third-order valence-electron chi connectivity index (χ3n) is 7.50. The van der Waals surface area contributed by atoms with Crippen LogP contribution in [0, 0.1) is 0 Å². The SMILES string of the molecule is c1ccc(-c2cccc(-c3nc4ccccc4nc3-c3cccc(-c4ccc5ccc6cccnc6c5n4)n3)c2)cc1. The van der Waals surface area contributed by atoms with Crippen molar-refractivity contribution in [3.63, 3.8) is 0 Å². The van der Waals surface area contributed by atoms with Gasteiger partial charge in [0.1, 0.15) is 5.69 Å². The lowest BCUT2D eigenvalue weighted by atomic mass is 10.00. The molecule has 0 amide bonds. The van der Waals surface area contributed by atoms with E-state index in [1.54, 1.807) is 0 Å². The summed E-state index contributed by atoms with van der Waals surface area (Å²) in [6.45, 7) is 0. The zero-order chi connectivity index (χ0) is 27.9. The third-order valence-corrected chi connectivity index (χ3v) is 7.50. The van der Waals surface area contributed by atoms with Crippen LogP contribution in [0.5, 0.6) is 0 Å². The summed E-state index contributed by atoms with van der Waals surface area (Å²) in [4.78, 5) is 24.9. The highest BCUT2D eigenvalue weighted by atomic mass is 14.9. The van der Waals surface area contributed by atoms with E-state index in [2.05, 4.69) is 77.8 Å². The van der Waals surface area contributed by atoms with Gasteiger partial charge in [0.05, 0.1) is 44.8 Å². The van der Waals surface area contributed by atoms with E-state index in [1.807, 2.05) is 66.9 Å². The minimum Gasteiger partial charge on any atom is -0.254 e. The number of hydrogen-bond acceptors (Lipinski definition) is 5. The van der Waals surface area contributed by atoms with E-state index < -0.39 is 0 Å². The number of para-hydroxylation sites is 2. The van der Waals surface area contributed by atoms with Gasteiger partial charge in [0.2, 0.25) is 0 Å². The van der Waals surface area contributed by atoms with Crippen LogP contribution in [0.4, 0.5) is 0 Å². The summed E-state index contributed by atoms with van der Waals surface area (Å²) in [5, 5.41) is 2.10. The van der Waals surface area contributed by atoms with Gasteiger partial charge in [0.15, 0.2) is 0 Å². The Balaban J connectivity index is 1.30. The molecule has 8 rings (SSSR count). The van der Waals surface area contributed by atoms with Crippen LogP contribution >= 0.6 is 0 Å². The molecule has 0 unspecified atom stereocenters. The Kier molecular flexibility index (Phi) is 5.71. The molecule has 0 N–H and O–H groups in total. The first-order chi connectivity index (χ1) is 20.8. The van der Waals surface area contributed by atoms with Crippen LogP contribution in [0.25, 0.3) is 78.0 Å². The third kappa shape index (κ3) is 4.25. The largest absolute Gasteiger partial charge is 0.254 e. The lowest BCUT2D eigenvalue weighted by Gasteiger charge is -2.12. The second kappa shape index (κ2) is 9.98. The highest BCUT2D eigenvalue weighted by Gasteiger charge is 2.16. The monoisotopic (exact) mass is 537 g/mol. The van der Waals surface area contributed by atoms with Crippen LogP contribution in [0.1, 0.15) is 0 Å². The highest BCUT2D eigenvalue weighted by molar-refractivity contribution is 6.03. The molecule has 0 spiro atoms. The average Bonchev–Trinajstić information content (AvgIpc) is 3.08. The van der Waals surface area contributed by atoms with Crippen molar-refractivity contribution in [3.05, 3.63) is 140 Å². The van der Waals surface area contributed by atoms with E-state index in [-0.39, 0.29) is 0 Å². The Bertz CT molecular complexity index is 2260. The second-order valence-electron chi connectivity index (χ2n) is 10.2. The molecule has 4 aromatic heterocycles. The van der Waals surface area contributed by atoms with E-state index in [4.69, 9.17) is 19.9 Å². The van der Waals surface area contributed by atoms with E-state index in [1.165, 1.54) is 0 Å². The van der Waals surface area contributed by atoms with Crippen LogP contribution in [0.2, 0.25) is 0 Å². The lowest BCUT2D eigenvalue weighted by molar-refractivity contribution is 1.22. The Hall–Kier alpha value is -5.81. The molecule has 0 aliphatic heterocycles. The topological polar surface area (TPSA) is 64.5 Å². The van der Waals surface area contributed by atoms with Gasteiger partial charge in [-0.3, -0.25) is 4.98 Å². The molecule has 5 heteroatoms. The van der Waals surface area contributed by atoms with Crippen molar-refractivity contribution in [2.45, 2.75) is 0 Å². The fraction of sp³-hybridized carbons (Fsp3) is 0. The number of benzene rings is 4. The van der Waals surface area contributed by atoms with Crippen molar-refractivity contribution < 1.29 is 0 Å². The minimum atomic E-state index is 0.730. The molecule has 0 radical (unpaired) electrons. The molecule has 4 heterocycles. The summed E-state index contributed by atoms with van der Waals surface area (Å²) in [5.41, 5.74) is 10.5. The van der Waals surface area contributed by atoms with Crippen molar-refractivity contribution >= 4 is 32.8 Å². The molecule has 8 aromatic rings. The zero-order valence-electron chi connectivity index (χ0n) is 22.5. The molecule has 0 saturated heterocycles. The Labute approximate surface area is 242 Å². The van der Waals surface area contributed by atoms with Crippen molar-refractivity contribution in [1.82, 2.24) is 24.9 Å². The summed E-state index contributed by atoms with van der Waals surface area (Å²) >= 11 is 0. The smallest absolute Gasteiger partial charge is 0.116 e. The molecule has 0 aliphatic carbocycles. The van der Waals surface area contributed by atoms with Gasteiger partial charge >= 0.3 is 0 Å². The van der Waals surface area contributed by atoms with Crippen molar-refractivity contribution in [1.29, 1.82) is 0 Å². The van der Waals surface area contributed by atoms with E-state index in [0.29, 0.717) is 0 Å².